The molecule has 2 saturated carbocycles. The van der Waals surface area contributed by atoms with E-state index in [0.717, 1.165) is 79.8 Å². The number of aromatic hydroxyl groups is 3. The molecule has 16 nitrogen and oxygen atoms in total. The predicted molar refractivity (Wildman–Crippen MR) is 267 cm³/mol. The Labute approximate surface area is 414 Å². The van der Waals surface area contributed by atoms with E-state index in [1.54, 1.807) is 30.7 Å². The molecule has 0 radical (unpaired) electrons. The minimum absolute atomic E-state index is 0.0463. The summed E-state index contributed by atoms with van der Waals surface area (Å²) >= 11 is 0. The van der Waals surface area contributed by atoms with E-state index in [9.17, 15) is 20.1 Å². The maximum absolute atomic E-state index is 12.2. The van der Waals surface area contributed by atoms with Gasteiger partial charge in [0.25, 0.3) is 0 Å². The smallest absolute Gasteiger partial charge is 0.302 e. The molecule has 2 aliphatic carbocycles. The molecule has 4 aromatic rings. The third kappa shape index (κ3) is 9.70. The number of allylic oxidation sites excluding steroid dienone is 1. The Hall–Kier alpha value is -6.81. The van der Waals surface area contributed by atoms with E-state index in [1.165, 1.54) is 25.0 Å². The zero-order valence-corrected chi connectivity index (χ0v) is 40.2. The van der Waals surface area contributed by atoms with Gasteiger partial charge < -0.3 is 55.5 Å². The van der Waals surface area contributed by atoms with Crippen molar-refractivity contribution in [1.29, 1.82) is 0 Å². The number of fused-ring (bicyclic) bond motifs is 4. The number of carbonyl (C=O) groups is 1. The van der Waals surface area contributed by atoms with Crippen molar-refractivity contribution in [2.45, 2.75) is 133 Å². The molecule has 4 fully saturated rings. The monoisotopic (exact) mass is 964 g/mol. The number of phenolic OH excluding ortho intramolecular Hbond substituents is 3. The summed E-state index contributed by atoms with van der Waals surface area (Å²) in [6.07, 6.45) is 20.6. The van der Waals surface area contributed by atoms with Crippen LogP contribution in [0, 0.1) is 17.8 Å². The van der Waals surface area contributed by atoms with E-state index in [2.05, 4.69) is 37.8 Å². The number of phenols is 3. The number of nitrogens with one attached hydrogen (secondary N) is 2. The van der Waals surface area contributed by atoms with Gasteiger partial charge in [0.1, 0.15) is 24.2 Å². The Morgan fingerprint density at radius 2 is 1.83 bits per heavy atom. The number of guanidine groups is 1. The molecule has 7 heterocycles. The molecule has 11 rings (SSSR count). The number of rotatable bonds is 15. The fraction of sp³-hybridized carbons (Fsp3) is 0.473. The lowest BCUT2D eigenvalue weighted by atomic mass is 9.52. The molecule has 2 saturated heterocycles. The first-order chi connectivity index (χ1) is 34.5. The summed E-state index contributed by atoms with van der Waals surface area (Å²) in [5.74, 6) is 2.22. The third-order valence-electron chi connectivity index (χ3n) is 16.0. The number of anilines is 1. The van der Waals surface area contributed by atoms with Crippen LogP contribution in [0.1, 0.15) is 99.5 Å². The molecule has 7 N–H and O–H groups in total. The van der Waals surface area contributed by atoms with E-state index in [0.29, 0.717) is 61.1 Å². The Kier molecular flexibility index (Phi) is 13.0. The van der Waals surface area contributed by atoms with E-state index in [4.69, 9.17) is 34.7 Å². The Morgan fingerprint density at radius 1 is 0.944 bits per heavy atom. The number of nitrogens with zero attached hydrogens (tertiary/aromatic N) is 5. The highest BCUT2D eigenvalue weighted by Gasteiger charge is 2.63. The molecule has 0 bridgehead atoms. The number of aryl methyl sites for hydroxylation is 2. The summed E-state index contributed by atoms with van der Waals surface area (Å²) in [7, 11) is 0. The van der Waals surface area contributed by atoms with Gasteiger partial charge in [0, 0.05) is 81.6 Å². The number of nitrogens with two attached hydrogens (primary N) is 1. The zero-order chi connectivity index (χ0) is 48.6. The standard InChI is InChI=1S/C55H64N8O8/c1-32(64)69-41-27-39(70-47(28-41)37-25-46(66)52(67)49(26-37)68-21-16-35-5-2-17-57-30-35)11-6-34-7-13-45(65)48(22-34)71-40-12-10-38-9-8-36-24-44-42-15-20-58-43(42)31-63(44)53-51(36)55(38,29-40)62-54(61-53)60-18-3-4-33-14-19-59-50(56)23-33/h2,5,7,13-15,17,19-20,22-23,25-26,30-31,36,38-41,44,47,51,53,65-67H,3-4,6,8-12,16,18,21,24,27-29H2,1H3,(H2,56,59)(H2,60,61,62)/t36-,38-,39-,40+,41+,44?,47-,51-,53-,55-/m0/s1. The Morgan fingerprint density at radius 3 is 2.69 bits per heavy atom. The van der Waals surface area contributed by atoms with Crippen molar-refractivity contribution in [3.63, 3.8) is 0 Å². The largest absolute Gasteiger partial charge is 0.504 e. The number of benzene rings is 2. The van der Waals surface area contributed by atoms with Crippen LogP contribution in [0.15, 0.2) is 107 Å². The van der Waals surface area contributed by atoms with Crippen LogP contribution in [0.4, 0.5) is 5.82 Å². The SMILES string of the molecule is CC(=O)O[C@@H]1C[C@H](CCc2ccc(O)c(O[C@@H]3CC[C@@H]4CC[C@H]5CC6C7=CC=NC7=CN6[C@@H]6N=C(NCCCc7ccnc(N)c7)N[C@]4(C3)[C@@H]56)c2)O[C@H](c2cc(O)c(O)c(OCCc3cccnc3)c2)C1. The highest BCUT2D eigenvalue weighted by Crippen LogP contribution is 2.58. The lowest BCUT2D eigenvalue weighted by molar-refractivity contribution is -0.160. The maximum atomic E-state index is 12.2. The van der Waals surface area contributed by atoms with Gasteiger partial charge >= 0.3 is 5.97 Å². The van der Waals surface area contributed by atoms with Gasteiger partial charge in [-0.1, -0.05) is 12.1 Å². The number of carbonyl (C=O) groups excluding carboxylic acids is 1. The number of piperidine rings is 1. The van der Waals surface area contributed by atoms with Crippen LogP contribution in [0.2, 0.25) is 0 Å². The number of pyridine rings is 2. The van der Waals surface area contributed by atoms with Crippen molar-refractivity contribution in [1.82, 2.24) is 25.5 Å². The first kappa shape index (κ1) is 46.6. The molecule has 2 aromatic carbocycles. The number of hydrogen-bond acceptors (Lipinski definition) is 16. The molecule has 2 aromatic heterocycles. The fourth-order valence-corrected chi connectivity index (χ4v) is 12.9. The van der Waals surface area contributed by atoms with Gasteiger partial charge in [-0.2, -0.15) is 0 Å². The first-order valence-corrected chi connectivity index (χ1v) is 25.5. The number of hydrogen-bond donors (Lipinski definition) is 6. The van der Waals surface area contributed by atoms with Crippen molar-refractivity contribution < 1.29 is 39.1 Å². The molecule has 7 aliphatic rings. The molecule has 1 unspecified atom stereocenters. The van der Waals surface area contributed by atoms with E-state index in [-0.39, 0.29) is 71.4 Å². The molecule has 1 spiro atoms. The zero-order valence-electron chi connectivity index (χ0n) is 40.2. The predicted octanol–water partition coefficient (Wildman–Crippen LogP) is 7.34. The highest BCUT2D eigenvalue weighted by molar-refractivity contribution is 5.83. The second-order valence-electron chi connectivity index (χ2n) is 20.5. The number of aliphatic imine (C=N–C) groups is 2. The van der Waals surface area contributed by atoms with E-state index < -0.39 is 12.2 Å². The van der Waals surface area contributed by atoms with E-state index >= 15 is 0 Å². The van der Waals surface area contributed by atoms with Crippen molar-refractivity contribution >= 4 is 24.0 Å². The summed E-state index contributed by atoms with van der Waals surface area (Å²) in [5.41, 5.74) is 11.8. The lowest BCUT2D eigenvalue weighted by Crippen LogP contribution is -2.75. The Bertz CT molecular complexity index is 2750. The topological polar surface area (TPSA) is 218 Å². The Balaban J connectivity index is 0.782. The average molecular weight is 965 g/mol. The maximum Gasteiger partial charge on any atom is 0.302 e. The van der Waals surface area contributed by atoms with Gasteiger partial charge in [-0.15, -0.1) is 0 Å². The van der Waals surface area contributed by atoms with Gasteiger partial charge in [-0.25, -0.2) is 9.98 Å². The van der Waals surface area contributed by atoms with Crippen LogP contribution in [0.3, 0.4) is 0 Å². The van der Waals surface area contributed by atoms with Crippen LogP contribution < -0.4 is 25.8 Å². The second-order valence-corrected chi connectivity index (χ2v) is 20.5. The normalized spacial score (nSPS) is 29.0. The number of aromatic nitrogens is 2. The first-order valence-electron chi connectivity index (χ1n) is 25.5. The van der Waals surface area contributed by atoms with Crippen molar-refractivity contribution in [2.24, 2.45) is 27.7 Å². The van der Waals surface area contributed by atoms with Crippen LogP contribution in [0.5, 0.6) is 28.7 Å². The number of ether oxygens (including phenoxy) is 4. The van der Waals surface area contributed by atoms with Crippen LogP contribution >= 0.6 is 0 Å². The highest BCUT2D eigenvalue weighted by atomic mass is 16.6. The second kappa shape index (κ2) is 19.8. The number of esters is 1. The van der Waals surface area contributed by atoms with Gasteiger partial charge in [-0.05, 0) is 140 Å². The molecule has 16 heteroatoms. The van der Waals surface area contributed by atoms with Crippen LogP contribution in [-0.2, 0) is 33.5 Å². The molecule has 0 amide bonds. The van der Waals surface area contributed by atoms with Crippen molar-refractivity contribution in [3.05, 3.63) is 119 Å². The lowest BCUT2D eigenvalue weighted by Gasteiger charge is -2.63. The summed E-state index contributed by atoms with van der Waals surface area (Å²) in [4.78, 5) is 33.3. The third-order valence-corrected chi connectivity index (χ3v) is 16.0. The van der Waals surface area contributed by atoms with E-state index in [1.807, 2.05) is 42.6 Å². The van der Waals surface area contributed by atoms with Gasteiger partial charge in [0.15, 0.2) is 29.0 Å². The van der Waals surface area contributed by atoms with Gasteiger partial charge in [-0.3, -0.25) is 14.8 Å². The average Bonchev–Trinajstić information content (AvgIpc) is 3.97. The molecule has 372 valence electrons. The molecular formula is C55H64N8O8. The summed E-state index contributed by atoms with van der Waals surface area (Å²) in [6, 6.07) is 16.8. The summed E-state index contributed by atoms with van der Waals surface area (Å²) < 4.78 is 25.3. The minimum atomic E-state index is -0.541. The molecule has 5 aliphatic heterocycles. The minimum Gasteiger partial charge on any atom is -0.504 e. The van der Waals surface area contributed by atoms with Crippen LogP contribution in [-0.4, -0.2) is 97.5 Å². The summed E-state index contributed by atoms with van der Waals surface area (Å²) in [6.45, 7) is 2.41. The van der Waals surface area contributed by atoms with Crippen molar-refractivity contribution in [3.8, 4) is 28.7 Å². The van der Waals surface area contributed by atoms with Crippen molar-refractivity contribution in [2.75, 3.05) is 18.9 Å². The summed E-state index contributed by atoms with van der Waals surface area (Å²) in [5, 5.41) is 40.7. The van der Waals surface area contributed by atoms with Gasteiger partial charge in [0.05, 0.1) is 36.1 Å². The molecular weight excluding hydrogens is 901 g/mol. The molecule has 71 heavy (non-hydrogen) atoms. The van der Waals surface area contributed by atoms with Crippen LogP contribution in [0.25, 0.3) is 0 Å². The molecule has 10 atom stereocenters. The van der Waals surface area contributed by atoms with Gasteiger partial charge in [0.2, 0.25) is 5.75 Å². The number of nitrogen functional groups attached to an aromatic ring is 1. The quantitative estimate of drug-likeness (QED) is 0.0390. The fourth-order valence-electron chi connectivity index (χ4n) is 12.9.